The molecule has 6 rings (SSSR count). The standard InChI is InChI=1S/C29H27F3N4O3/c1-36(2)14-16-9-18-13-23(34-27(18)22(10-16)29(30,31)32)19-11-17-12-20(3-5-24(17)38-15-19)39-25-7-8-33-28-21(25)4-6-26(37)35-28/h3,5,7-10,12,19H,4,6,11,13-15H2,1-2H3,(H,33,35,37). The topological polar surface area (TPSA) is 76.1 Å². The van der Waals surface area contributed by atoms with Crippen LogP contribution in [0.25, 0.3) is 0 Å². The number of carbonyl (C=O) groups excluding carboxylic acids is 1. The molecule has 0 aliphatic carbocycles. The number of aromatic nitrogens is 1. The molecule has 1 N–H and O–H groups in total. The van der Waals surface area contributed by atoms with Crippen molar-refractivity contribution in [2.24, 2.45) is 10.9 Å². The van der Waals surface area contributed by atoms with E-state index in [-0.39, 0.29) is 17.5 Å². The summed E-state index contributed by atoms with van der Waals surface area (Å²) in [4.78, 5) is 22.3. The molecular weight excluding hydrogens is 509 g/mol. The van der Waals surface area contributed by atoms with Crippen LogP contribution in [0.15, 0.2) is 47.6 Å². The van der Waals surface area contributed by atoms with Crippen molar-refractivity contribution in [3.05, 3.63) is 70.4 Å². The molecule has 0 spiro atoms. The molecule has 0 fully saturated rings. The van der Waals surface area contributed by atoms with Gasteiger partial charge < -0.3 is 19.7 Å². The minimum Gasteiger partial charge on any atom is -0.493 e. The van der Waals surface area contributed by atoms with E-state index in [0.717, 1.165) is 16.9 Å². The molecule has 1 aromatic heterocycles. The zero-order valence-electron chi connectivity index (χ0n) is 21.6. The molecule has 4 heterocycles. The smallest absolute Gasteiger partial charge is 0.418 e. The first-order chi connectivity index (χ1) is 18.6. The highest BCUT2D eigenvalue weighted by molar-refractivity contribution is 5.97. The van der Waals surface area contributed by atoms with Gasteiger partial charge in [0.2, 0.25) is 5.91 Å². The van der Waals surface area contributed by atoms with Crippen molar-refractivity contribution in [3.8, 4) is 17.2 Å². The number of fused-ring (bicyclic) bond motifs is 3. The van der Waals surface area contributed by atoms with Gasteiger partial charge in [0.05, 0.1) is 17.9 Å². The van der Waals surface area contributed by atoms with E-state index in [0.29, 0.717) is 73.0 Å². The molecule has 39 heavy (non-hydrogen) atoms. The summed E-state index contributed by atoms with van der Waals surface area (Å²) in [6.07, 6.45) is -1.04. The number of rotatable bonds is 5. The van der Waals surface area contributed by atoms with Crippen molar-refractivity contribution >= 4 is 23.1 Å². The van der Waals surface area contributed by atoms with E-state index in [4.69, 9.17) is 9.47 Å². The van der Waals surface area contributed by atoms with Crippen LogP contribution in [0.2, 0.25) is 0 Å². The number of ether oxygens (including phenoxy) is 2. The normalized spacial score (nSPS) is 18.1. The van der Waals surface area contributed by atoms with E-state index >= 15 is 0 Å². The van der Waals surface area contributed by atoms with Crippen LogP contribution in [-0.2, 0) is 36.8 Å². The lowest BCUT2D eigenvalue weighted by Gasteiger charge is -2.26. The van der Waals surface area contributed by atoms with Crippen molar-refractivity contribution in [1.29, 1.82) is 0 Å². The summed E-state index contributed by atoms with van der Waals surface area (Å²) in [5.41, 5.74) is 3.02. The van der Waals surface area contributed by atoms with Crippen molar-refractivity contribution < 1.29 is 27.4 Å². The summed E-state index contributed by atoms with van der Waals surface area (Å²) < 4.78 is 54.0. The highest BCUT2D eigenvalue weighted by Crippen LogP contribution is 2.44. The molecule has 0 bridgehead atoms. The summed E-state index contributed by atoms with van der Waals surface area (Å²) in [5.74, 6) is 2.24. The van der Waals surface area contributed by atoms with Crippen LogP contribution in [0.4, 0.5) is 24.7 Å². The number of pyridine rings is 1. The fraction of sp³-hybridized carbons (Fsp3) is 0.345. The van der Waals surface area contributed by atoms with Crippen LogP contribution in [0.5, 0.6) is 17.2 Å². The number of benzene rings is 2. The Bertz CT molecular complexity index is 1500. The van der Waals surface area contributed by atoms with Crippen LogP contribution in [0.1, 0.15) is 34.2 Å². The fourth-order valence-electron chi connectivity index (χ4n) is 5.44. The summed E-state index contributed by atoms with van der Waals surface area (Å²) >= 11 is 0. The van der Waals surface area contributed by atoms with Crippen LogP contribution in [0, 0.1) is 5.92 Å². The number of hydrogen-bond acceptors (Lipinski definition) is 6. The Labute approximate surface area is 223 Å². The number of alkyl halides is 3. The average Bonchev–Trinajstić information content (AvgIpc) is 3.31. The van der Waals surface area contributed by atoms with Gasteiger partial charge in [-0.3, -0.25) is 9.79 Å². The number of hydrogen-bond donors (Lipinski definition) is 1. The zero-order chi connectivity index (χ0) is 27.3. The summed E-state index contributed by atoms with van der Waals surface area (Å²) in [5, 5.41) is 2.77. The second-order valence-corrected chi connectivity index (χ2v) is 10.4. The second-order valence-electron chi connectivity index (χ2n) is 10.4. The lowest BCUT2D eigenvalue weighted by Crippen LogP contribution is -2.28. The van der Waals surface area contributed by atoms with Crippen molar-refractivity contribution in [2.75, 3.05) is 26.0 Å². The van der Waals surface area contributed by atoms with Gasteiger partial charge in [-0.25, -0.2) is 4.98 Å². The maximum atomic E-state index is 13.9. The van der Waals surface area contributed by atoms with Crippen molar-refractivity contribution in [2.45, 2.75) is 38.4 Å². The SMILES string of the molecule is CN(C)Cc1cc2c(c(C(F)(F)F)c1)N=C(C1COc3ccc(Oc4ccnc5c4CCC(=O)N5)cc3C1)C2. The molecule has 10 heteroatoms. The number of anilines is 1. The van der Waals surface area contributed by atoms with Gasteiger partial charge in [-0.05, 0) is 74.0 Å². The first kappa shape index (κ1) is 25.4. The predicted molar refractivity (Wildman–Crippen MR) is 140 cm³/mol. The monoisotopic (exact) mass is 536 g/mol. The minimum absolute atomic E-state index is 0.0254. The van der Waals surface area contributed by atoms with Gasteiger partial charge >= 0.3 is 6.18 Å². The molecule has 3 aromatic rings. The van der Waals surface area contributed by atoms with Crippen LogP contribution >= 0.6 is 0 Å². The summed E-state index contributed by atoms with van der Waals surface area (Å²) in [6.45, 7) is 0.769. The van der Waals surface area contributed by atoms with Crippen LogP contribution in [-0.4, -0.2) is 42.2 Å². The second kappa shape index (κ2) is 9.68. The number of nitrogens with one attached hydrogen (secondary N) is 1. The lowest BCUT2D eigenvalue weighted by atomic mass is 9.90. The molecule has 3 aliphatic heterocycles. The van der Waals surface area contributed by atoms with Gasteiger partial charge in [-0.15, -0.1) is 0 Å². The van der Waals surface area contributed by atoms with Gasteiger partial charge in [0.1, 0.15) is 23.1 Å². The van der Waals surface area contributed by atoms with E-state index < -0.39 is 11.7 Å². The fourth-order valence-corrected chi connectivity index (χ4v) is 5.44. The highest BCUT2D eigenvalue weighted by Gasteiger charge is 2.38. The van der Waals surface area contributed by atoms with Gasteiger partial charge in [0.15, 0.2) is 0 Å². The Morgan fingerprint density at radius 3 is 2.77 bits per heavy atom. The molecule has 1 unspecified atom stereocenters. The molecule has 2 aromatic carbocycles. The number of nitrogens with zero attached hydrogens (tertiary/aromatic N) is 3. The number of amides is 1. The van der Waals surface area contributed by atoms with E-state index in [9.17, 15) is 18.0 Å². The summed E-state index contributed by atoms with van der Waals surface area (Å²) in [7, 11) is 3.66. The van der Waals surface area contributed by atoms with Gasteiger partial charge in [0, 0.05) is 42.8 Å². The third-order valence-corrected chi connectivity index (χ3v) is 7.19. The molecule has 1 atom stereocenters. The van der Waals surface area contributed by atoms with E-state index in [1.165, 1.54) is 6.07 Å². The van der Waals surface area contributed by atoms with E-state index in [2.05, 4.69) is 15.3 Å². The number of aliphatic imine (C=N–C) groups is 1. The molecule has 1 amide bonds. The first-order valence-electron chi connectivity index (χ1n) is 12.8. The van der Waals surface area contributed by atoms with E-state index in [1.807, 2.05) is 43.3 Å². The Morgan fingerprint density at radius 2 is 1.97 bits per heavy atom. The highest BCUT2D eigenvalue weighted by atomic mass is 19.4. The Kier molecular flexibility index (Phi) is 6.29. The molecule has 0 radical (unpaired) electrons. The lowest BCUT2D eigenvalue weighted by molar-refractivity contribution is -0.137. The van der Waals surface area contributed by atoms with Crippen LogP contribution in [0.3, 0.4) is 0 Å². The average molecular weight is 537 g/mol. The predicted octanol–water partition coefficient (Wildman–Crippen LogP) is 5.72. The molecule has 0 saturated heterocycles. The summed E-state index contributed by atoms with van der Waals surface area (Å²) in [6, 6.07) is 10.4. The van der Waals surface area contributed by atoms with Gasteiger partial charge in [0.25, 0.3) is 0 Å². The Hall–Kier alpha value is -3.92. The molecule has 0 saturated carbocycles. The third-order valence-electron chi connectivity index (χ3n) is 7.19. The van der Waals surface area contributed by atoms with Gasteiger partial charge in [-0.2, -0.15) is 13.2 Å². The number of halogens is 3. The Morgan fingerprint density at radius 1 is 1.13 bits per heavy atom. The molecule has 7 nitrogen and oxygen atoms in total. The minimum atomic E-state index is -4.48. The van der Waals surface area contributed by atoms with E-state index in [1.54, 1.807) is 12.3 Å². The van der Waals surface area contributed by atoms with Crippen molar-refractivity contribution in [3.63, 3.8) is 0 Å². The van der Waals surface area contributed by atoms with Crippen molar-refractivity contribution in [1.82, 2.24) is 9.88 Å². The largest absolute Gasteiger partial charge is 0.493 e. The maximum absolute atomic E-state index is 13.9. The third kappa shape index (κ3) is 5.08. The zero-order valence-corrected chi connectivity index (χ0v) is 21.6. The molecule has 3 aliphatic rings. The molecular formula is C29H27F3N4O3. The quantitative estimate of drug-likeness (QED) is 0.452. The maximum Gasteiger partial charge on any atom is 0.418 e. The van der Waals surface area contributed by atoms with Gasteiger partial charge in [-0.1, -0.05) is 6.07 Å². The Balaban J connectivity index is 1.24. The van der Waals surface area contributed by atoms with Crippen LogP contribution < -0.4 is 14.8 Å². The number of carbonyl (C=O) groups is 1. The molecule has 202 valence electrons. The first-order valence-corrected chi connectivity index (χ1v) is 12.8.